The van der Waals surface area contributed by atoms with Gasteiger partial charge in [-0.2, -0.15) is 10.1 Å². The van der Waals surface area contributed by atoms with Crippen molar-refractivity contribution in [1.29, 1.82) is 0 Å². The van der Waals surface area contributed by atoms with E-state index in [2.05, 4.69) is 20.9 Å². The highest BCUT2D eigenvalue weighted by Gasteiger charge is 2.52. The lowest BCUT2D eigenvalue weighted by Gasteiger charge is -2.25. The molecule has 1 saturated heterocycles. The Morgan fingerprint density at radius 1 is 1.21 bits per heavy atom. The number of carbonyl (C=O) groups is 3. The Morgan fingerprint density at radius 3 is 2.62 bits per heavy atom. The number of aromatic nitrogens is 2. The van der Waals surface area contributed by atoms with E-state index in [1.807, 2.05) is 25.1 Å². The molecule has 1 aliphatic rings. The van der Waals surface area contributed by atoms with E-state index < -0.39 is 23.4 Å². The summed E-state index contributed by atoms with van der Waals surface area (Å²) >= 11 is 1.57. The number of aromatic amines is 1. The summed E-state index contributed by atoms with van der Waals surface area (Å²) in [4.78, 5) is 40.2. The van der Waals surface area contributed by atoms with Crippen LogP contribution in [0.15, 0.2) is 48.5 Å². The van der Waals surface area contributed by atoms with Crippen molar-refractivity contribution in [2.45, 2.75) is 25.8 Å². The lowest BCUT2D eigenvalue weighted by Crippen LogP contribution is -2.48. The van der Waals surface area contributed by atoms with E-state index in [0.29, 0.717) is 17.7 Å². The van der Waals surface area contributed by atoms with Gasteiger partial charge >= 0.3 is 6.03 Å². The Kier molecular flexibility index (Phi) is 4.67. The third-order valence-corrected chi connectivity index (χ3v) is 5.95. The first-order chi connectivity index (χ1) is 13.9. The Morgan fingerprint density at radius 2 is 1.97 bits per heavy atom. The van der Waals surface area contributed by atoms with Crippen LogP contribution in [0.5, 0.6) is 0 Å². The van der Waals surface area contributed by atoms with Crippen LogP contribution in [0, 0.1) is 6.92 Å². The number of nitrogens with zero attached hydrogens (tertiary/aromatic N) is 2. The van der Waals surface area contributed by atoms with Gasteiger partial charge in [-0.15, -0.1) is 11.3 Å². The molecule has 1 atom stereocenters. The molecule has 4 amide bonds. The van der Waals surface area contributed by atoms with Gasteiger partial charge in [0.05, 0.1) is 10.6 Å². The minimum absolute atomic E-state index is 0.0837. The number of amides is 4. The number of imide groups is 1. The van der Waals surface area contributed by atoms with E-state index >= 15 is 0 Å². The van der Waals surface area contributed by atoms with Gasteiger partial charge in [0.25, 0.3) is 11.8 Å². The predicted molar refractivity (Wildman–Crippen MR) is 108 cm³/mol. The van der Waals surface area contributed by atoms with E-state index in [4.69, 9.17) is 0 Å². The van der Waals surface area contributed by atoms with Crippen molar-refractivity contribution in [3.05, 3.63) is 64.7 Å². The maximum absolute atomic E-state index is 13.1. The zero-order chi connectivity index (χ0) is 20.6. The molecule has 0 unspecified atom stereocenters. The van der Waals surface area contributed by atoms with E-state index in [-0.39, 0.29) is 5.69 Å². The molecule has 8 nitrogen and oxygen atoms in total. The molecule has 3 heterocycles. The summed E-state index contributed by atoms with van der Waals surface area (Å²) in [5.74, 6) is -1.18. The summed E-state index contributed by atoms with van der Waals surface area (Å²) in [7, 11) is 0. The number of thiophene rings is 1. The number of rotatable bonds is 5. The second-order valence-electron chi connectivity index (χ2n) is 6.71. The zero-order valence-corrected chi connectivity index (χ0v) is 16.7. The molecule has 0 bridgehead atoms. The quantitative estimate of drug-likeness (QED) is 0.563. The molecule has 0 spiro atoms. The summed E-state index contributed by atoms with van der Waals surface area (Å²) < 4.78 is 0. The highest BCUT2D eigenvalue weighted by Crippen LogP contribution is 2.31. The van der Waals surface area contributed by atoms with E-state index in [1.54, 1.807) is 48.6 Å². The van der Waals surface area contributed by atoms with Crippen molar-refractivity contribution in [2.75, 3.05) is 0 Å². The minimum atomic E-state index is -1.21. The number of hydrogen-bond donors (Lipinski definition) is 3. The first-order valence-electron chi connectivity index (χ1n) is 9.10. The third kappa shape index (κ3) is 3.19. The number of hydrazine groups is 1. The number of carbonyl (C=O) groups excluding carboxylic acids is 3. The maximum atomic E-state index is 13.1. The molecule has 2 aromatic heterocycles. The van der Waals surface area contributed by atoms with E-state index in [9.17, 15) is 14.4 Å². The number of aryl methyl sites for hydroxylation is 1. The number of hydrogen-bond acceptors (Lipinski definition) is 5. The molecule has 0 aliphatic carbocycles. The summed E-state index contributed by atoms with van der Waals surface area (Å²) in [6.45, 7) is 3.79. The molecule has 1 fully saturated rings. The van der Waals surface area contributed by atoms with Crippen LogP contribution in [0.1, 0.15) is 34.3 Å². The van der Waals surface area contributed by atoms with E-state index in [0.717, 1.165) is 14.8 Å². The maximum Gasteiger partial charge on any atom is 0.344 e. The van der Waals surface area contributed by atoms with Gasteiger partial charge in [0.2, 0.25) is 0 Å². The predicted octanol–water partition coefficient (Wildman–Crippen LogP) is 2.95. The molecular weight excluding hydrogens is 390 g/mol. The number of H-pyrrole nitrogens is 1. The highest BCUT2D eigenvalue weighted by atomic mass is 32.1. The first kappa shape index (κ1) is 18.9. The molecular formula is C20H19N5O3S. The van der Waals surface area contributed by atoms with Crippen molar-refractivity contribution in [2.24, 2.45) is 0 Å². The topological polar surface area (TPSA) is 107 Å². The van der Waals surface area contributed by atoms with Gasteiger partial charge < -0.3 is 5.32 Å². The molecule has 29 heavy (non-hydrogen) atoms. The average Bonchev–Trinajstić information content (AvgIpc) is 3.43. The zero-order valence-electron chi connectivity index (χ0n) is 15.9. The van der Waals surface area contributed by atoms with Crippen LogP contribution in [-0.4, -0.2) is 33.1 Å². The van der Waals surface area contributed by atoms with Crippen molar-refractivity contribution in [1.82, 2.24) is 25.9 Å². The standard InChI is InChI=1S/C20H19N5O3S/c1-3-20(13-7-5-4-6-8-13)18(27)25(19(28)21-20)24-17(26)15-11-14(22-23-15)16-10-9-12(2)29-16/h4-11H,3H2,1-2H3,(H,21,28)(H,22,23)(H,24,26)/t20-/m1/s1. The van der Waals surface area contributed by atoms with Crippen LogP contribution in [-0.2, 0) is 10.3 Å². The summed E-state index contributed by atoms with van der Waals surface area (Å²) in [6, 6.07) is 13.8. The molecule has 3 aromatic rings. The van der Waals surface area contributed by atoms with Gasteiger partial charge in [0, 0.05) is 4.88 Å². The highest BCUT2D eigenvalue weighted by molar-refractivity contribution is 7.15. The molecule has 0 saturated carbocycles. The lowest BCUT2D eigenvalue weighted by molar-refractivity contribution is -0.133. The van der Waals surface area contributed by atoms with Crippen LogP contribution >= 0.6 is 11.3 Å². The Labute approximate surface area is 170 Å². The van der Waals surface area contributed by atoms with Crippen molar-refractivity contribution >= 4 is 29.2 Å². The van der Waals surface area contributed by atoms with Crippen LogP contribution in [0.2, 0.25) is 0 Å². The van der Waals surface area contributed by atoms with Crippen LogP contribution in [0.25, 0.3) is 10.6 Å². The van der Waals surface area contributed by atoms with Crippen molar-refractivity contribution in [3.8, 4) is 10.6 Å². The molecule has 4 rings (SSSR count). The van der Waals surface area contributed by atoms with Gasteiger partial charge in [0.1, 0.15) is 5.54 Å². The van der Waals surface area contributed by atoms with Gasteiger partial charge in [-0.05, 0) is 37.1 Å². The fraction of sp³-hybridized carbons (Fsp3) is 0.200. The third-order valence-electron chi connectivity index (χ3n) is 4.92. The summed E-state index contributed by atoms with van der Waals surface area (Å²) in [6.07, 6.45) is 0.345. The number of benzene rings is 1. The Hall–Kier alpha value is -3.46. The van der Waals surface area contributed by atoms with E-state index in [1.165, 1.54) is 0 Å². The summed E-state index contributed by atoms with van der Waals surface area (Å²) in [5, 5.41) is 10.3. The monoisotopic (exact) mass is 409 g/mol. The van der Waals surface area contributed by atoms with Crippen LogP contribution < -0.4 is 10.7 Å². The van der Waals surface area contributed by atoms with Crippen LogP contribution in [0.4, 0.5) is 4.79 Å². The second kappa shape index (κ2) is 7.17. The fourth-order valence-corrected chi connectivity index (χ4v) is 4.17. The van der Waals surface area contributed by atoms with Gasteiger partial charge in [-0.3, -0.25) is 20.1 Å². The molecule has 148 valence electrons. The average molecular weight is 409 g/mol. The molecule has 9 heteroatoms. The lowest BCUT2D eigenvalue weighted by atomic mass is 9.87. The normalized spacial score (nSPS) is 18.8. The largest absolute Gasteiger partial charge is 0.344 e. The SMILES string of the molecule is CC[C@]1(c2ccccc2)NC(=O)N(NC(=O)c2cc(-c3ccc(C)s3)[nH]n2)C1=O. The Balaban J connectivity index is 1.55. The van der Waals surface area contributed by atoms with Gasteiger partial charge in [0.15, 0.2) is 5.69 Å². The second-order valence-corrected chi connectivity index (χ2v) is 8.00. The summed E-state index contributed by atoms with van der Waals surface area (Å²) in [5.41, 5.74) is 2.60. The van der Waals surface area contributed by atoms with Gasteiger partial charge in [-0.1, -0.05) is 37.3 Å². The van der Waals surface area contributed by atoms with Crippen molar-refractivity contribution < 1.29 is 14.4 Å². The number of nitrogens with one attached hydrogen (secondary N) is 3. The fourth-order valence-electron chi connectivity index (χ4n) is 3.34. The molecule has 1 aromatic carbocycles. The molecule has 1 aliphatic heterocycles. The minimum Gasteiger partial charge on any atom is -0.318 e. The molecule has 0 radical (unpaired) electrons. The first-order valence-corrected chi connectivity index (χ1v) is 9.91. The van der Waals surface area contributed by atoms with Crippen molar-refractivity contribution in [3.63, 3.8) is 0 Å². The number of urea groups is 1. The van der Waals surface area contributed by atoms with Gasteiger partial charge in [-0.25, -0.2) is 4.79 Å². The van der Waals surface area contributed by atoms with Crippen LogP contribution in [0.3, 0.4) is 0 Å². The Bertz CT molecular complexity index is 1090. The molecule has 3 N–H and O–H groups in total. The smallest absolute Gasteiger partial charge is 0.318 e.